The van der Waals surface area contributed by atoms with Gasteiger partial charge in [0.1, 0.15) is 0 Å². The van der Waals surface area contributed by atoms with Gasteiger partial charge in [-0.2, -0.15) is 0 Å². The number of amides is 1. The molecule has 0 fully saturated rings. The fraction of sp³-hybridized carbons (Fsp3) is 0.0714. The first kappa shape index (κ1) is 15.2. The van der Waals surface area contributed by atoms with E-state index >= 15 is 0 Å². The Morgan fingerprint density at radius 1 is 1.25 bits per heavy atom. The molecule has 0 spiro atoms. The monoisotopic (exact) mass is 370 g/mol. The van der Waals surface area contributed by atoms with Crippen LogP contribution < -0.4 is 11.1 Å². The second-order valence-electron chi connectivity index (χ2n) is 4.03. The van der Waals surface area contributed by atoms with Gasteiger partial charge in [-0.3, -0.25) is 4.79 Å². The van der Waals surface area contributed by atoms with Crippen LogP contribution in [0.1, 0.15) is 0 Å². The van der Waals surface area contributed by atoms with Gasteiger partial charge in [0.15, 0.2) is 0 Å². The van der Waals surface area contributed by atoms with E-state index in [-0.39, 0.29) is 5.91 Å². The zero-order chi connectivity index (χ0) is 14.5. The van der Waals surface area contributed by atoms with Gasteiger partial charge in [-0.25, -0.2) is 0 Å². The minimum absolute atomic E-state index is 0.0837. The number of thioether (sulfide) groups is 1. The highest BCUT2D eigenvalue weighted by Crippen LogP contribution is 2.27. The molecule has 0 aromatic heterocycles. The summed E-state index contributed by atoms with van der Waals surface area (Å²) in [4.78, 5) is 12.7. The number of carbonyl (C=O) groups excluding carboxylic acids is 1. The minimum Gasteiger partial charge on any atom is -0.398 e. The average Bonchev–Trinajstić information content (AvgIpc) is 2.40. The molecule has 3 N–H and O–H groups in total. The first-order valence-electron chi connectivity index (χ1n) is 5.78. The van der Waals surface area contributed by atoms with Crippen LogP contribution in [-0.4, -0.2) is 11.7 Å². The van der Waals surface area contributed by atoms with E-state index in [9.17, 15) is 4.79 Å². The van der Waals surface area contributed by atoms with E-state index in [1.807, 2.05) is 18.2 Å². The molecule has 0 aliphatic heterocycles. The van der Waals surface area contributed by atoms with Crippen molar-refractivity contribution in [2.45, 2.75) is 4.90 Å². The molecule has 104 valence electrons. The lowest BCUT2D eigenvalue weighted by molar-refractivity contribution is -0.113. The lowest BCUT2D eigenvalue weighted by Crippen LogP contribution is -2.13. The molecule has 20 heavy (non-hydrogen) atoms. The molecule has 2 rings (SSSR count). The maximum atomic E-state index is 11.8. The highest BCUT2D eigenvalue weighted by Gasteiger charge is 2.06. The normalized spacial score (nSPS) is 10.3. The number of nitrogen functional groups attached to an aromatic ring is 1. The van der Waals surface area contributed by atoms with Crippen molar-refractivity contribution in [3.63, 3.8) is 0 Å². The van der Waals surface area contributed by atoms with Gasteiger partial charge in [0.25, 0.3) is 0 Å². The summed E-state index contributed by atoms with van der Waals surface area (Å²) >= 11 is 10.5. The number of benzene rings is 2. The number of carbonyl (C=O) groups is 1. The molecular formula is C14H12BrClN2OS. The Balaban J connectivity index is 1.90. The van der Waals surface area contributed by atoms with Gasteiger partial charge >= 0.3 is 0 Å². The molecule has 0 atom stereocenters. The smallest absolute Gasteiger partial charge is 0.234 e. The number of rotatable bonds is 4. The van der Waals surface area contributed by atoms with Gasteiger partial charge in [-0.05, 0) is 42.5 Å². The van der Waals surface area contributed by atoms with Gasteiger partial charge in [0, 0.05) is 25.8 Å². The zero-order valence-electron chi connectivity index (χ0n) is 10.4. The Bertz CT molecular complexity index is 619. The number of hydrogen-bond acceptors (Lipinski definition) is 3. The Morgan fingerprint density at radius 3 is 2.60 bits per heavy atom. The van der Waals surface area contributed by atoms with Crippen LogP contribution in [0.5, 0.6) is 0 Å². The van der Waals surface area contributed by atoms with E-state index in [0.29, 0.717) is 16.5 Å². The van der Waals surface area contributed by atoms with Crippen molar-refractivity contribution in [1.29, 1.82) is 0 Å². The molecule has 0 aliphatic rings. The topological polar surface area (TPSA) is 55.1 Å². The highest BCUT2D eigenvalue weighted by atomic mass is 79.9. The second-order valence-corrected chi connectivity index (χ2v) is 6.40. The quantitative estimate of drug-likeness (QED) is 0.618. The number of nitrogens with one attached hydrogen (secondary N) is 1. The summed E-state index contributed by atoms with van der Waals surface area (Å²) < 4.78 is 0.921. The third kappa shape index (κ3) is 4.44. The molecule has 0 heterocycles. The van der Waals surface area contributed by atoms with Crippen molar-refractivity contribution < 1.29 is 4.79 Å². The van der Waals surface area contributed by atoms with Crippen LogP contribution in [0, 0.1) is 0 Å². The summed E-state index contributed by atoms with van der Waals surface area (Å²) in [5.74, 6) is 0.216. The Hall–Kier alpha value is -1.17. The van der Waals surface area contributed by atoms with Crippen molar-refractivity contribution in [3.05, 3.63) is 52.0 Å². The van der Waals surface area contributed by atoms with Crippen LogP contribution in [0.25, 0.3) is 0 Å². The summed E-state index contributed by atoms with van der Waals surface area (Å²) in [6, 6.07) is 12.6. The van der Waals surface area contributed by atoms with Gasteiger partial charge in [0.2, 0.25) is 5.91 Å². The number of nitrogens with two attached hydrogens (primary N) is 1. The third-order valence-corrected chi connectivity index (χ3v) is 4.29. The number of anilines is 2. The van der Waals surface area contributed by atoms with Crippen LogP contribution >= 0.6 is 39.3 Å². The van der Waals surface area contributed by atoms with Gasteiger partial charge in [-0.1, -0.05) is 27.5 Å². The zero-order valence-corrected chi connectivity index (χ0v) is 13.6. The van der Waals surface area contributed by atoms with Crippen LogP contribution in [0.2, 0.25) is 5.02 Å². The van der Waals surface area contributed by atoms with Crippen molar-refractivity contribution in [3.8, 4) is 0 Å². The third-order valence-electron chi connectivity index (χ3n) is 2.46. The van der Waals surface area contributed by atoms with E-state index in [0.717, 1.165) is 15.1 Å². The summed E-state index contributed by atoms with van der Waals surface area (Å²) in [5, 5.41) is 3.44. The number of hydrogen-bond donors (Lipinski definition) is 2. The van der Waals surface area contributed by atoms with Gasteiger partial charge in [-0.15, -0.1) is 11.8 Å². The molecule has 0 aliphatic carbocycles. The highest BCUT2D eigenvalue weighted by molar-refractivity contribution is 9.10. The lowest BCUT2D eigenvalue weighted by Gasteiger charge is -2.07. The van der Waals surface area contributed by atoms with Crippen LogP contribution in [0.15, 0.2) is 51.8 Å². The fourth-order valence-corrected chi connectivity index (χ4v) is 2.78. The first-order chi connectivity index (χ1) is 9.54. The van der Waals surface area contributed by atoms with Gasteiger partial charge < -0.3 is 11.1 Å². The van der Waals surface area contributed by atoms with Crippen molar-refractivity contribution >= 4 is 56.6 Å². The average molecular weight is 372 g/mol. The van der Waals surface area contributed by atoms with Crippen LogP contribution in [-0.2, 0) is 4.79 Å². The maximum absolute atomic E-state index is 11.8. The van der Waals surface area contributed by atoms with Crippen molar-refractivity contribution in [1.82, 2.24) is 0 Å². The van der Waals surface area contributed by atoms with Crippen LogP contribution in [0.4, 0.5) is 11.4 Å². The minimum atomic E-state index is -0.0837. The van der Waals surface area contributed by atoms with E-state index in [1.165, 1.54) is 11.8 Å². The van der Waals surface area contributed by atoms with Gasteiger partial charge in [0.05, 0.1) is 5.75 Å². The van der Waals surface area contributed by atoms with Crippen molar-refractivity contribution in [2.75, 3.05) is 16.8 Å². The summed E-state index contributed by atoms with van der Waals surface area (Å²) in [5.41, 5.74) is 7.26. The maximum Gasteiger partial charge on any atom is 0.234 e. The van der Waals surface area contributed by atoms with E-state index < -0.39 is 0 Å². The predicted octanol–water partition coefficient (Wildman–Crippen LogP) is 4.42. The molecule has 6 heteroatoms. The summed E-state index contributed by atoms with van der Waals surface area (Å²) in [6.07, 6.45) is 0. The molecule has 1 amide bonds. The molecule has 2 aromatic rings. The van der Waals surface area contributed by atoms with Crippen molar-refractivity contribution in [2.24, 2.45) is 0 Å². The van der Waals surface area contributed by atoms with Crippen LogP contribution in [0.3, 0.4) is 0 Å². The summed E-state index contributed by atoms with van der Waals surface area (Å²) in [6.45, 7) is 0. The first-order valence-corrected chi connectivity index (χ1v) is 7.93. The molecule has 0 saturated carbocycles. The Labute approximate surface area is 135 Å². The number of halogens is 2. The second kappa shape index (κ2) is 7.02. The van der Waals surface area contributed by atoms with E-state index in [2.05, 4.69) is 21.2 Å². The fourth-order valence-electron chi connectivity index (χ4n) is 1.52. The lowest BCUT2D eigenvalue weighted by atomic mass is 10.3. The molecule has 0 saturated heterocycles. The molecule has 2 aromatic carbocycles. The molecule has 0 radical (unpaired) electrons. The molecule has 0 unspecified atom stereocenters. The molecule has 0 bridgehead atoms. The standard InChI is InChI=1S/C14H12BrClN2OS/c15-9-1-6-13(12(17)7-9)20-8-14(19)18-11-4-2-10(16)3-5-11/h1-7H,8,17H2,(H,18,19). The SMILES string of the molecule is Nc1cc(Br)ccc1SCC(=O)Nc1ccc(Cl)cc1. The Kier molecular flexibility index (Phi) is 5.34. The van der Waals surface area contributed by atoms with E-state index in [1.54, 1.807) is 24.3 Å². The molecule has 3 nitrogen and oxygen atoms in total. The summed E-state index contributed by atoms with van der Waals surface area (Å²) in [7, 11) is 0. The van der Waals surface area contributed by atoms with E-state index in [4.69, 9.17) is 17.3 Å². The largest absolute Gasteiger partial charge is 0.398 e. The predicted molar refractivity (Wildman–Crippen MR) is 89.4 cm³/mol. The molecular weight excluding hydrogens is 360 g/mol. The Morgan fingerprint density at radius 2 is 1.95 bits per heavy atom.